The third kappa shape index (κ3) is 1.35. The molecule has 1 N–H and O–H groups in total. The van der Waals surface area contributed by atoms with Gasteiger partial charge in [0, 0.05) is 6.20 Å². The van der Waals surface area contributed by atoms with Crippen LogP contribution in [0, 0.1) is 7.53 Å². The number of fused-ring (bicyclic) bond motifs is 1. The number of nitrogens with one attached hydrogen (secondary N) is 1. The lowest BCUT2D eigenvalue weighted by Crippen LogP contribution is -1.79. The highest BCUT2D eigenvalue weighted by molar-refractivity contribution is 14.1. The fourth-order valence-corrected chi connectivity index (χ4v) is 1.97. The maximum absolute atomic E-state index is 4.26. The Labute approximate surface area is 90.3 Å². The minimum atomic E-state index is 0.906. The molecule has 0 saturated heterocycles. The van der Waals surface area contributed by atoms with Crippen molar-refractivity contribution in [2.75, 3.05) is 0 Å². The number of hydrogen-bond donors (Lipinski definition) is 1. The molecule has 3 nitrogen and oxygen atoms in total. The van der Waals surface area contributed by atoms with Crippen LogP contribution in [0.1, 0.15) is 0 Å². The van der Waals surface area contributed by atoms with Crippen LogP contribution in [0.3, 0.4) is 0 Å². The second-order valence-electron chi connectivity index (χ2n) is 2.02. The number of aromatic amines is 1. The molecule has 0 aliphatic rings. The van der Waals surface area contributed by atoms with Crippen molar-refractivity contribution in [3.05, 3.63) is 19.8 Å². The van der Waals surface area contributed by atoms with Crippen LogP contribution in [0.2, 0.25) is 0 Å². The highest BCUT2D eigenvalue weighted by Gasteiger charge is 2.02. The van der Waals surface area contributed by atoms with Crippen LogP contribution in [0.25, 0.3) is 11.0 Å². The minimum Gasteiger partial charge on any atom is -0.331 e. The summed E-state index contributed by atoms with van der Waals surface area (Å²) in [5, 5.41) is 0. The molecule has 2 rings (SSSR count). The second kappa shape index (κ2) is 2.85. The van der Waals surface area contributed by atoms with E-state index < -0.39 is 0 Å². The zero-order valence-corrected chi connectivity index (χ0v) is 9.62. The number of hydrogen-bond acceptors (Lipinski definition) is 2. The summed E-state index contributed by atoms with van der Waals surface area (Å²) in [5.41, 5.74) is 2.01. The van der Waals surface area contributed by atoms with Crippen LogP contribution in [0.5, 0.6) is 0 Å². The molecule has 56 valence electrons. The van der Waals surface area contributed by atoms with E-state index in [1.54, 1.807) is 6.20 Å². The molecule has 5 heteroatoms. The molecule has 2 aromatic rings. The first-order chi connectivity index (χ1) is 5.27. The Morgan fingerprint density at radius 3 is 2.91 bits per heavy atom. The van der Waals surface area contributed by atoms with Gasteiger partial charge in [0.15, 0.2) is 3.83 Å². The molecule has 11 heavy (non-hydrogen) atoms. The standard InChI is InChI=1S/C6H3I2N3/c7-5-4-3(1-2-9-5)10-6(8)11-4/h1-2H,(H,10,11). The fraction of sp³-hybridized carbons (Fsp3) is 0. The Kier molecular flexibility index (Phi) is 2.00. The number of pyridine rings is 1. The van der Waals surface area contributed by atoms with Crippen molar-refractivity contribution >= 4 is 56.2 Å². The second-order valence-corrected chi connectivity index (χ2v) is 4.07. The third-order valence-corrected chi connectivity index (χ3v) is 2.66. The summed E-state index contributed by atoms with van der Waals surface area (Å²) in [7, 11) is 0. The lowest BCUT2D eigenvalue weighted by molar-refractivity contribution is 1.25. The monoisotopic (exact) mass is 371 g/mol. The Bertz CT molecular complexity index is 396. The highest BCUT2D eigenvalue weighted by Crippen LogP contribution is 2.16. The molecule has 0 unspecified atom stereocenters. The molecule has 0 aliphatic carbocycles. The van der Waals surface area contributed by atoms with E-state index in [4.69, 9.17) is 0 Å². The van der Waals surface area contributed by atoms with Crippen molar-refractivity contribution in [1.29, 1.82) is 0 Å². The predicted octanol–water partition coefficient (Wildman–Crippen LogP) is 2.17. The van der Waals surface area contributed by atoms with E-state index in [-0.39, 0.29) is 0 Å². The molecule has 0 atom stereocenters. The zero-order valence-electron chi connectivity index (χ0n) is 5.31. The van der Waals surface area contributed by atoms with Gasteiger partial charge in [-0.3, -0.25) is 0 Å². The van der Waals surface area contributed by atoms with Gasteiger partial charge in [-0.05, 0) is 51.2 Å². The molecule has 2 aromatic heterocycles. The third-order valence-electron chi connectivity index (χ3n) is 1.33. The SMILES string of the molecule is Ic1nc2ccnc(I)c2[nH]1. The first kappa shape index (κ1) is 7.71. The van der Waals surface area contributed by atoms with Gasteiger partial charge < -0.3 is 4.98 Å². The average molecular weight is 371 g/mol. The lowest BCUT2D eigenvalue weighted by Gasteiger charge is -1.88. The number of imidazole rings is 1. The van der Waals surface area contributed by atoms with E-state index in [9.17, 15) is 0 Å². The first-order valence-electron chi connectivity index (χ1n) is 2.93. The van der Waals surface area contributed by atoms with Crippen molar-refractivity contribution in [2.24, 2.45) is 0 Å². The topological polar surface area (TPSA) is 41.6 Å². The Morgan fingerprint density at radius 2 is 2.18 bits per heavy atom. The van der Waals surface area contributed by atoms with E-state index in [2.05, 4.69) is 60.1 Å². The quantitative estimate of drug-likeness (QED) is 0.570. The van der Waals surface area contributed by atoms with Crippen LogP contribution < -0.4 is 0 Å². The van der Waals surface area contributed by atoms with Gasteiger partial charge in [0.25, 0.3) is 0 Å². The molecule has 0 radical (unpaired) electrons. The molecule has 0 amide bonds. The zero-order chi connectivity index (χ0) is 7.84. The van der Waals surface area contributed by atoms with Crippen molar-refractivity contribution in [2.45, 2.75) is 0 Å². The van der Waals surface area contributed by atoms with Gasteiger partial charge in [-0.15, -0.1) is 0 Å². The molecular formula is C6H3I2N3. The smallest absolute Gasteiger partial charge is 0.169 e. The number of H-pyrrole nitrogens is 1. The first-order valence-corrected chi connectivity index (χ1v) is 5.09. The van der Waals surface area contributed by atoms with Crippen molar-refractivity contribution in [3.8, 4) is 0 Å². The predicted molar refractivity (Wildman–Crippen MR) is 59.3 cm³/mol. The maximum Gasteiger partial charge on any atom is 0.169 e. The molecule has 2 heterocycles. The fourth-order valence-electron chi connectivity index (χ4n) is 0.873. The van der Waals surface area contributed by atoms with E-state index in [1.165, 1.54) is 0 Å². The Morgan fingerprint density at radius 1 is 1.36 bits per heavy atom. The number of aromatic nitrogens is 3. The normalized spacial score (nSPS) is 10.7. The van der Waals surface area contributed by atoms with E-state index in [1.807, 2.05) is 6.07 Å². The van der Waals surface area contributed by atoms with Gasteiger partial charge in [-0.2, -0.15) is 0 Å². The van der Waals surface area contributed by atoms with E-state index >= 15 is 0 Å². The minimum absolute atomic E-state index is 0.906. The van der Waals surface area contributed by atoms with Crippen molar-refractivity contribution < 1.29 is 0 Å². The lowest BCUT2D eigenvalue weighted by atomic mass is 10.4. The van der Waals surface area contributed by atoms with Crippen LogP contribution in [-0.2, 0) is 0 Å². The number of nitrogens with zero attached hydrogens (tertiary/aromatic N) is 2. The van der Waals surface area contributed by atoms with Crippen LogP contribution in [-0.4, -0.2) is 15.0 Å². The molecule has 0 aliphatic heterocycles. The summed E-state index contributed by atoms with van der Waals surface area (Å²) in [6, 6.07) is 1.90. The molecule has 0 fully saturated rings. The Balaban J connectivity index is 2.90. The molecule has 0 saturated carbocycles. The molecule has 0 spiro atoms. The summed E-state index contributed by atoms with van der Waals surface area (Å²) < 4.78 is 1.87. The summed E-state index contributed by atoms with van der Waals surface area (Å²) in [4.78, 5) is 11.5. The highest BCUT2D eigenvalue weighted by atomic mass is 127. The maximum atomic E-state index is 4.26. The van der Waals surface area contributed by atoms with Gasteiger partial charge in [0.1, 0.15) is 3.70 Å². The van der Waals surface area contributed by atoms with Crippen molar-refractivity contribution in [1.82, 2.24) is 15.0 Å². The van der Waals surface area contributed by atoms with Gasteiger partial charge >= 0.3 is 0 Å². The molecule has 0 aromatic carbocycles. The average Bonchev–Trinajstić information content (AvgIpc) is 2.31. The van der Waals surface area contributed by atoms with Crippen molar-refractivity contribution in [3.63, 3.8) is 0 Å². The summed E-state index contributed by atoms with van der Waals surface area (Å²) in [5.74, 6) is 0. The van der Waals surface area contributed by atoms with Crippen LogP contribution in [0.15, 0.2) is 12.3 Å². The van der Waals surface area contributed by atoms with E-state index in [0.717, 1.165) is 18.6 Å². The molecular weight excluding hydrogens is 368 g/mol. The summed E-state index contributed by atoms with van der Waals surface area (Å²) in [6.07, 6.45) is 1.76. The van der Waals surface area contributed by atoms with Gasteiger partial charge in [-0.25, -0.2) is 9.97 Å². The van der Waals surface area contributed by atoms with Gasteiger partial charge in [-0.1, -0.05) is 0 Å². The Hall–Kier alpha value is 0.0800. The number of rotatable bonds is 0. The number of halogens is 2. The summed E-state index contributed by atoms with van der Waals surface area (Å²) >= 11 is 4.34. The van der Waals surface area contributed by atoms with Crippen LogP contribution >= 0.6 is 45.2 Å². The van der Waals surface area contributed by atoms with Crippen LogP contribution in [0.4, 0.5) is 0 Å². The van der Waals surface area contributed by atoms with Gasteiger partial charge in [0.2, 0.25) is 0 Å². The molecule has 0 bridgehead atoms. The summed E-state index contributed by atoms with van der Waals surface area (Å²) in [6.45, 7) is 0. The van der Waals surface area contributed by atoms with E-state index in [0.29, 0.717) is 0 Å². The van der Waals surface area contributed by atoms with Gasteiger partial charge in [0.05, 0.1) is 11.0 Å². The largest absolute Gasteiger partial charge is 0.331 e.